The van der Waals surface area contributed by atoms with Gasteiger partial charge >= 0.3 is 0 Å². The van der Waals surface area contributed by atoms with Gasteiger partial charge in [-0.1, -0.05) is 42.5 Å². The quantitative estimate of drug-likeness (QED) is 0.390. The van der Waals surface area contributed by atoms with E-state index in [1.54, 1.807) is 12.1 Å². The Bertz CT molecular complexity index is 1210. The van der Waals surface area contributed by atoms with Gasteiger partial charge in [0.15, 0.2) is 0 Å². The topological polar surface area (TPSA) is 78.0 Å². The molecule has 0 spiro atoms. The summed E-state index contributed by atoms with van der Waals surface area (Å²) < 4.78 is 1.50. The van der Waals surface area contributed by atoms with Gasteiger partial charge in [0.2, 0.25) is 0 Å². The van der Waals surface area contributed by atoms with Gasteiger partial charge in [-0.3, -0.25) is 19.5 Å². The number of hydrogen-bond donors (Lipinski definition) is 0. The molecule has 0 fully saturated rings. The van der Waals surface area contributed by atoms with Crippen LogP contribution in [0.5, 0.6) is 0 Å². The zero-order valence-corrected chi connectivity index (χ0v) is 15.3. The minimum Gasteiger partial charge on any atom is -0.294 e. The fraction of sp³-hybridized carbons (Fsp3) is 0.100. The van der Waals surface area contributed by atoms with E-state index in [0.29, 0.717) is 15.8 Å². The highest BCUT2D eigenvalue weighted by Gasteiger charge is 2.17. The molecule has 7 heteroatoms. The van der Waals surface area contributed by atoms with Crippen molar-refractivity contribution >= 4 is 27.2 Å². The third kappa shape index (κ3) is 3.13. The Balaban J connectivity index is 1.84. The second kappa shape index (κ2) is 6.77. The average Bonchev–Trinajstić information content (AvgIpc) is 3.02. The largest absolute Gasteiger partial charge is 0.294 e. The van der Waals surface area contributed by atoms with Gasteiger partial charge in [-0.05, 0) is 18.1 Å². The molecule has 0 aliphatic rings. The van der Waals surface area contributed by atoms with Gasteiger partial charge in [0.1, 0.15) is 4.83 Å². The summed E-state index contributed by atoms with van der Waals surface area (Å²) in [6, 6.07) is 16.1. The van der Waals surface area contributed by atoms with Crippen LogP contribution in [-0.2, 0) is 6.54 Å². The average molecular weight is 377 g/mol. The van der Waals surface area contributed by atoms with E-state index >= 15 is 0 Å². The van der Waals surface area contributed by atoms with E-state index in [1.807, 2.05) is 37.3 Å². The van der Waals surface area contributed by atoms with Crippen molar-refractivity contribution in [3.05, 3.63) is 91.8 Å². The van der Waals surface area contributed by atoms with Crippen molar-refractivity contribution in [1.29, 1.82) is 0 Å². The molecule has 134 valence electrons. The van der Waals surface area contributed by atoms with Crippen LogP contribution in [0.1, 0.15) is 10.4 Å². The lowest BCUT2D eigenvalue weighted by Crippen LogP contribution is -2.21. The van der Waals surface area contributed by atoms with Gasteiger partial charge in [0.25, 0.3) is 11.2 Å². The molecule has 0 N–H and O–H groups in total. The lowest BCUT2D eigenvalue weighted by Gasteiger charge is -2.07. The van der Waals surface area contributed by atoms with Crippen molar-refractivity contribution in [2.24, 2.45) is 0 Å². The number of nitrogens with zero attached hydrogens (tertiary/aromatic N) is 3. The summed E-state index contributed by atoms with van der Waals surface area (Å²) in [5.41, 5.74) is 2.43. The normalized spacial score (nSPS) is 11.0. The predicted molar refractivity (Wildman–Crippen MR) is 106 cm³/mol. The first-order chi connectivity index (χ1) is 13.0. The Morgan fingerprint density at radius 2 is 1.93 bits per heavy atom. The Kier molecular flexibility index (Phi) is 4.29. The van der Waals surface area contributed by atoms with Crippen molar-refractivity contribution in [2.45, 2.75) is 13.5 Å². The number of aryl methyl sites for hydroxylation is 1. The minimum absolute atomic E-state index is 0.00550. The van der Waals surface area contributed by atoms with Gasteiger partial charge in [-0.2, -0.15) is 0 Å². The lowest BCUT2D eigenvalue weighted by molar-refractivity contribution is -0.384. The molecule has 6 nitrogen and oxygen atoms in total. The molecule has 2 aromatic carbocycles. The van der Waals surface area contributed by atoms with E-state index < -0.39 is 4.92 Å². The van der Waals surface area contributed by atoms with Crippen LogP contribution in [0.4, 0.5) is 5.69 Å². The van der Waals surface area contributed by atoms with Crippen LogP contribution in [0, 0.1) is 17.0 Å². The monoisotopic (exact) mass is 377 g/mol. The van der Waals surface area contributed by atoms with Crippen LogP contribution in [-0.4, -0.2) is 14.5 Å². The number of fused-ring (bicyclic) bond motifs is 1. The number of aromatic nitrogens is 2. The molecule has 0 amide bonds. The molecule has 27 heavy (non-hydrogen) atoms. The molecule has 2 heterocycles. The molecular formula is C20H15N3O3S. The number of benzene rings is 2. The van der Waals surface area contributed by atoms with Crippen molar-refractivity contribution in [3.63, 3.8) is 0 Å². The molecule has 0 unspecified atom stereocenters. The molecule has 4 aromatic rings. The second-order valence-electron chi connectivity index (χ2n) is 6.18. The van der Waals surface area contributed by atoms with Gasteiger partial charge < -0.3 is 0 Å². The first kappa shape index (κ1) is 17.1. The number of hydrogen-bond acceptors (Lipinski definition) is 5. The molecule has 0 saturated heterocycles. The summed E-state index contributed by atoms with van der Waals surface area (Å²) >= 11 is 1.50. The van der Waals surface area contributed by atoms with Gasteiger partial charge in [-0.25, -0.2) is 4.98 Å². The van der Waals surface area contributed by atoms with E-state index in [2.05, 4.69) is 4.98 Å². The van der Waals surface area contributed by atoms with Crippen LogP contribution in [0.15, 0.2) is 65.7 Å². The van der Waals surface area contributed by atoms with Crippen molar-refractivity contribution in [3.8, 4) is 11.1 Å². The zero-order chi connectivity index (χ0) is 19.0. The molecule has 0 radical (unpaired) electrons. The van der Waals surface area contributed by atoms with Gasteiger partial charge in [0.05, 0.1) is 23.2 Å². The van der Waals surface area contributed by atoms with E-state index in [9.17, 15) is 14.9 Å². The van der Waals surface area contributed by atoms with Crippen LogP contribution >= 0.6 is 11.3 Å². The SMILES string of the molecule is Cc1sc2ncn(Cc3cccc([N+](=O)[O-])c3)c(=O)c2c1-c1ccccc1. The summed E-state index contributed by atoms with van der Waals surface area (Å²) in [6.07, 6.45) is 1.51. The van der Waals surface area contributed by atoms with Crippen LogP contribution in [0.2, 0.25) is 0 Å². The fourth-order valence-electron chi connectivity index (χ4n) is 3.17. The molecule has 0 bridgehead atoms. The molecule has 0 aliphatic carbocycles. The number of nitro benzene ring substituents is 1. The predicted octanol–water partition coefficient (Wildman–Crippen LogP) is 4.39. The molecule has 2 aromatic heterocycles. The smallest absolute Gasteiger partial charge is 0.269 e. The van der Waals surface area contributed by atoms with Gasteiger partial charge in [0, 0.05) is 22.6 Å². The maximum absolute atomic E-state index is 13.2. The zero-order valence-electron chi connectivity index (χ0n) is 14.5. The summed E-state index contributed by atoms with van der Waals surface area (Å²) in [5, 5.41) is 11.6. The second-order valence-corrected chi connectivity index (χ2v) is 7.39. The van der Waals surface area contributed by atoms with E-state index in [4.69, 9.17) is 0 Å². The summed E-state index contributed by atoms with van der Waals surface area (Å²) in [4.78, 5) is 29.9. The third-order valence-corrected chi connectivity index (χ3v) is 5.40. The number of thiophene rings is 1. The Labute approximate surface area is 158 Å². The first-order valence-electron chi connectivity index (χ1n) is 8.32. The third-order valence-electron chi connectivity index (χ3n) is 4.39. The number of rotatable bonds is 4. The lowest BCUT2D eigenvalue weighted by atomic mass is 10.0. The van der Waals surface area contributed by atoms with Crippen LogP contribution in [0.25, 0.3) is 21.3 Å². The van der Waals surface area contributed by atoms with Crippen molar-refractivity contribution in [1.82, 2.24) is 9.55 Å². The highest BCUT2D eigenvalue weighted by atomic mass is 32.1. The fourth-order valence-corrected chi connectivity index (χ4v) is 4.17. The number of nitro groups is 1. The molecule has 0 saturated carbocycles. The molecule has 0 aliphatic heterocycles. The maximum atomic E-state index is 13.2. The van der Waals surface area contributed by atoms with Crippen molar-refractivity contribution in [2.75, 3.05) is 0 Å². The van der Waals surface area contributed by atoms with E-state index in [-0.39, 0.29) is 17.8 Å². The Morgan fingerprint density at radius 3 is 2.67 bits per heavy atom. The number of non-ortho nitro benzene ring substituents is 1. The molecular weight excluding hydrogens is 362 g/mol. The standard InChI is InChI=1S/C20H15N3O3S/c1-13-17(15-7-3-2-4-8-15)18-19(27-13)21-12-22(20(18)24)11-14-6-5-9-16(10-14)23(25)26/h2-10,12H,11H2,1H3. The Hall–Kier alpha value is -3.32. The van der Waals surface area contributed by atoms with Crippen LogP contribution < -0.4 is 5.56 Å². The van der Waals surface area contributed by atoms with Gasteiger partial charge in [-0.15, -0.1) is 11.3 Å². The van der Waals surface area contributed by atoms with Crippen molar-refractivity contribution < 1.29 is 4.92 Å². The van der Waals surface area contributed by atoms with E-state index in [1.165, 1.54) is 34.4 Å². The molecule has 0 atom stereocenters. The maximum Gasteiger partial charge on any atom is 0.269 e. The highest BCUT2D eigenvalue weighted by molar-refractivity contribution is 7.19. The summed E-state index contributed by atoms with van der Waals surface area (Å²) in [7, 11) is 0. The summed E-state index contributed by atoms with van der Waals surface area (Å²) in [5.74, 6) is 0. The van der Waals surface area contributed by atoms with Crippen LogP contribution in [0.3, 0.4) is 0 Å². The summed E-state index contributed by atoms with van der Waals surface area (Å²) in [6.45, 7) is 2.21. The Morgan fingerprint density at radius 1 is 1.15 bits per heavy atom. The molecule has 4 rings (SSSR count). The highest BCUT2D eigenvalue weighted by Crippen LogP contribution is 2.35. The minimum atomic E-state index is -0.441. The first-order valence-corrected chi connectivity index (χ1v) is 9.13. The van der Waals surface area contributed by atoms with E-state index in [0.717, 1.165) is 16.0 Å².